The average Bonchev–Trinajstić information content (AvgIpc) is 2.12. The minimum atomic E-state index is 0.758. The van der Waals surface area contributed by atoms with E-state index in [0.29, 0.717) is 0 Å². The zero-order valence-corrected chi connectivity index (χ0v) is 9.55. The van der Waals surface area contributed by atoms with Gasteiger partial charge in [0.2, 0.25) is 0 Å². The van der Waals surface area contributed by atoms with Crippen molar-refractivity contribution in [2.24, 2.45) is 0 Å². The van der Waals surface area contributed by atoms with Crippen LogP contribution in [-0.4, -0.2) is 38.8 Å². The molecule has 0 atom stereocenters. The van der Waals surface area contributed by atoms with Crippen LogP contribution in [0.3, 0.4) is 0 Å². The van der Waals surface area contributed by atoms with Gasteiger partial charge in [-0.15, -0.1) is 0 Å². The summed E-state index contributed by atoms with van der Waals surface area (Å²) in [5.74, 6) is 0. The van der Waals surface area contributed by atoms with E-state index in [1.807, 2.05) is 13.0 Å². The molecule has 0 aromatic carbocycles. The summed E-state index contributed by atoms with van der Waals surface area (Å²) in [6.45, 7) is 12.2. The van der Waals surface area contributed by atoms with Gasteiger partial charge in [0, 0.05) is 20.2 Å². The Bertz CT molecular complexity index is 218. The van der Waals surface area contributed by atoms with E-state index in [-0.39, 0.29) is 0 Å². The molecule has 80 valence electrons. The number of likely N-dealkylation sites (N-methyl/N-ethyl adjacent to an activating group) is 1. The summed E-state index contributed by atoms with van der Waals surface area (Å²) in [5.41, 5.74) is 2.25. The molecule has 0 fully saturated rings. The molecular weight excluding hydrogens is 174 g/mol. The van der Waals surface area contributed by atoms with Gasteiger partial charge in [0.15, 0.2) is 0 Å². The summed E-state index contributed by atoms with van der Waals surface area (Å²) in [6, 6.07) is 0. The second kappa shape index (κ2) is 7.54. The molecule has 0 saturated carbocycles. The molecule has 0 unspecified atom stereocenters. The third-order valence-corrected chi connectivity index (χ3v) is 1.82. The first-order chi connectivity index (χ1) is 6.60. The largest absolute Gasteiger partial charge is 0.383 e. The van der Waals surface area contributed by atoms with E-state index in [2.05, 4.69) is 31.2 Å². The molecule has 2 nitrogen and oxygen atoms in total. The Labute approximate surface area is 87.6 Å². The molecule has 14 heavy (non-hydrogen) atoms. The van der Waals surface area contributed by atoms with Gasteiger partial charge in [0.25, 0.3) is 0 Å². The van der Waals surface area contributed by atoms with Crippen LogP contribution in [0, 0.1) is 0 Å². The maximum Gasteiger partial charge on any atom is 0.0589 e. The Hall–Kier alpha value is -0.860. The average molecular weight is 195 g/mol. The van der Waals surface area contributed by atoms with E-state index >= 15 is 0 Å². The van der Waals surface area contributed by atoms with Gasteiger partial charge in [-0.05, 0) is 19.5 Å². The Morgan fingerprint density at radius 2 is 2.14 bits per heavy atom. The van der Waals surface area contributed by atoms with E-state index < -0.39 is 0 Å². The number of methoxy groups -OCH3 is 1. The molecule has 0 radical (unpaired) electrons. The third kappa shape index (κ3) is 6.63. The van der Waals surface area contributed by atoms with E-state index in [1.165, 1.54) is 5.57 Å². The highest BCUT2D eigenvalue weighted by atomic mass is 16.5. The third-order valence-electron chi connectivity index (χ3n) is 1.82. The van der Waals surface area contributed by atoms with Crippen LogP contribution in [0.15, 0.2) is 36.5 Å². The van der Waals surface area contributed by atoms with Crippen molar-refractivity contribution < 1.29 is 4.74 Å². The van der Waals surface area contributed by atoms with Crippen LogP contribution in [0.25, 0.3) is 0 Å². The molecule has 0 rings (SSSR count). The molecule has 0 spiro atoms. The zero-order chi connectivity index (χ0) is 11.0. The molecule has 0 aliphatic heterocycles. The minimum Gasteiger partial charge on any atom is -0.383 e. The van der Waals surface area contributed by atoms with E-state index in [0.717, 1.165) is 25.3 Å². The fourth-order valence-electron chi connectivity index (χ4n) is 1.12. The normalized spacial score (nSPS) is 11.9. The van der Waals surface area contributed by atoms with Gasteiger partial charge in [0.05, 0.1) is 6.61 Å². The summed E-state index contributed by atoms with van der Waals surface area (Å²) in [4.78, 5) is 2.19. The van der Waals surface area contributed by atoms with Crippen molar-refractivity contribution in [2.75, 3.05) is 33.9 Å². The maximum atomic E-state index is 5.00. The molecule has 0 heterocycles. The van der Waals surface area contributed by atoms with E-state index in [1.54, 1.807) is 7.11 Å². The van der Waals surface area contributed by atoms with Gasteiger partial charge in [0.1, 0.15) is 0 Å². The van der Waals surface area contributed by atoms with Gasteiger partial charge < -0.3 is 4.74 Å². The lowest BCUT2D eigenvalue weighted by molar-refractivity contribution is 0.166. The fourth-order valence-corrected chi connectivity index (χ4v) is 1.12. The van der Waals surface area contributed by atoms with Crippen molar-refractivity contribution in [3.63, 3.8) is 0 Å². The molecule has 0 aliphatic carbocycles. The minimum absolute atomic E-state index is 0.758. The lowest BCUT2D eigenvalue weighted by Crippen LogP contribution is -2.24. The topological polar surface area (TPSA) is 12.5 Å². The standard InChI is InChI=1S/C12H21NO/c1-6-12(9-11(2)3)10-13(4)7-8-14-5/h6,9H,1-2,7-8,10H2,3-5H3/b12-9+. The second-order valence-corrected chi connectivity index (χ2v) is 3.50. The van der Waals surface area contributed by atoms with Crippen LogP contribution < -0.4 is 0 Å². The van der Waals surface area contributed by atoms with Crippen molar-refractivity contribution >= 4 is 0 Å². The van der Waals surface area contributed by atoms with Gasteiger partial charge in [-0.2, -0.15) is 0 Å². The SMILES string of the molecule is C=C/C(=C\C(=C)C)CN(C)CCOC. The molecule has 2 heteroatoms. The van der Waals surface area contributed by atoms with E-state index in [9.17, 15) is 0 Å². The van der Waals surface area contributed by atoms with E-state index in [4.69, 9.17) is 4.74 Å². The summed E-state index contributed by atoms with van der Waals surface area (Å²) < 4.78 is 5.00. The van der Waals surface area contributed by atoms with Crippen molar-refractivity contribution in [2.45, 2.75) is 6.92 Å². The van der Waals surface area contributed by atoms with Crippen LogP contribution >= 0.6 is 0 Å². The molecular formula is C12H21NO. The Morgan fingerprint density at radius 3 is 2.57 bits per heavy atom. The predicted molar refractivity (Wildman–Crippen MR) is 62.5 cm³/mol. The van der Waals surface area contributed by atoms with Crippen molar-refractivity contribution in [1.82, 2.24) is 4.90 Å². The lowest BCUT2D eigenvalue weighted by Gasteiger charge is -2.16. The van der Waals surface area contributed by atoms with Gasteiger partial charge in [-0.1, -0.05) is 30.9 Å². The van der Waals surface area contributed by atoms with Crippen molar-refractivity contribution in [3.05, 3.63) is 36.5 Å². The van der Waals surface area contributed by atoms with Crippen molar-refractivity contribution in [3.8, 4) is 0 Å². The molecule has 0 bridgehead atoms. The number of allylic oxidation sites excluding steroid dienone is 2. The molecule has 0 N–H and O–H groups in total. The summed E-state index contributed by atoms with van der Waals surface area (Å²) in [5, 5.41) is 0. The number of hydrogen-bond donors (Lipinski definition) is 0. The number of rotatable bonds is 7. The first-order valence-electron chi connectivity index (χ1n) is 4.76. The maximum absolute atomic E-state index is 5.00. The van der Waals surface area contributed by atoms with Crippen LogP contribution in [0.1, 0.15) is 6.92 Å². The first kappa shape index (κ1) is 13.1. The second-order valence-electron chi connectivity index (χ2n) is 3.50. The molecule has 0 aromatic rings. The van der Waals surface area contributed by atoms with Gasteiger partial charge in [-0.3, -0.25) is 4.90 Å². The highest BCUT2D eigenvalue weighted by molar-refractivity contribution is 5.27. The Balaban J connectivity index is 4.04. The number of hydrogen-bond acceptors (Lipinski definition) is 2. The Kier molecular flexibility index (Phi) is 7.07. The summed E-state index contributed by atoms with van der Waals surface area (Å²) >= 11 is 0. The number of ether oxygens (including phenoxy) is 1. The smallest absolute Gasteiger partial charge is 0.0589 e. The van der Waals surface area contributed by atoms with Crippen LogP contribution in [-0.2, 0) is 4.74 Å². The lowest BCUT2D eigenvalue weighted by atomic mass is 10.2. The monoisotopic (exact) mass is 195 g/mol. The van der Waals surface area contributed by atoms with Crippen LogP contribution in [0.5, 0.6) is 0 Å². The Morgan fingerprint density at radius 1 is 1.50 bits per heavy atom. The van der Waals surface area contributed by atoms with Gasteiger partial charge >= 0.3 is 0 Å². The first-order valence-corrected chi connectivity index (χ1v) is 4.76. The highest BCUT2D eigenvalue weighted by Gasteiger charge is 1.99. The zero-order valence-electron chi connectivity index (χ0n) is 9.55. The van der Waals surface area contributed by atoms with Gasteiger partial charge in [-0.25, -0.2) is 0 Å². The molecule has 0 aliphatic rings. The molecule has 0 saturated heterocycles. The summed E-state index contributed by atoms with van der Waals surface area (Å²) in [7, 11) is 3.78. The quantitative estimate of drug-likeness (QED) is 0.578. The highest BCUT2D eigenvalue weighted by Crippen LogP contribution is 2.03. The summed E-state index contributed by atoms with van der Waals surface area (Å²) in [6.07, 6.45) is 3.92. The predicted octanol–water partition coefficient (Wildman–Crippen LogP) is 2.25. The van der Waals surface area contributed by atoms with Crippen LogP contribution in [0.2, 0.25) is 0 Å². The molecule has 0 aromatic heterocycles. The fraction of sp³-hybridized carbons (Fsp3) is 0.500. The van der Waals surface area contributed by atoms with Crippen molar-refractivity contribution in [1.29, 1.82) is 0 Å². The number of nitrogens with zero attached hydrogens (tertiary/aromatic N) is 1. The van der Waals surface area contributed by atoms with Crippen LogP contribution in [0.4, 0.5) is 0 Å². The molecule has 0 amide bonds.